The Hall–Kier alpha value is -0.0800. The summed E-state index contributed by atoms with van der Waals surface area (Å²) in [5, 5.41) is 0. The predicted molar refractivity (Wildman–Crippen MR) is 74.3 cm³/mol. The lowest BCUT2D eigenvalue weighted by Gasteiger charge is -2.55. The standard InChI is InChI=1S/C15H31NO/c1-13(2,3)15(7,8)12-11-17-10-9-16(12)14(4,5)6/h12H,9-11H2,1-8H3. The first-order valence-electron chi connectivity index (χ1n) is 6.82. The van der Waals surface area contributed by atoms with Crippen LogP contribution >= 0.6 is 0 Å². The second-order valence-corrected chi connectivity index (χ2v) is 7.93. The summed E-state index contributed by atoms with van der Waals surface area (Å²) in [6.07, 6.45) is 0. The SMILES string of the molecule is CC(C)(C)N1CCOCC1C(C)(C)C(C)(C)C. The van der Waals surface area contributed by atoms with Crippen LogP contribution in [0.5, 0.6) is 0 Å². The van der Waals surface area contributed by atoms with Crippen molar-refractivity contribution in [2.45, 2.75) is 67.0 Å². The molecule has 0 N–H and O–H groups in total. The van der Waals surface area contributed by atoms with Crippen molar-refractivity contribution in [2.75, 3.05) is 19.8 Å². The molecule has 1 rings (SSSR count). The van der Waals surface area contributed by atoms with Crippen LogP contribution in [0.3, 0.4) is 0 Å². The zero-order valence-electron chi connectivity index (χ0n) is 13.1. The molecule has 2 nitrogen and oxygen atoms in total. The monoisotopic (exact) mass is 241 g/mol. The van der Waals surface area contributed by atoms with Gasteiger partial charge in [-0.2, -0.15) is 0 Å². The van der Waals surface area contributed by atoms with Crippen LogP contribution in [0.4, 0.5) is 0 Å². The van der Waals surface area contributed by atoms with E-state index in [0.29, 0.717) is 6.04 Å². The molecular formula is C15H31NO. The Kier molecular flexibility index (Phi) is 4.01. The van der Waals surface area contributed by atoms with Gasteiger partial charge >= 0.3 is 0 Å². The largest absolute Gasteiger partial charge is 0.378 e. The van der Waals surface area contributed by atoms with E-state index in [0.717, 1.165) is 19.8 Å². The molecule has 2 heteroatoms. The summed E-state index contributed by atoms with van der Waals surface area (Å²) in [6, 6.07) is 0.497. The van der Waals surface area contributed by atoms with Crippen molar-refractivity contribution in [3.8, 4) is 0 Å². The predicted octanol–water partition coefficient (Wildman–Crippen LogP) is 3.56. The summed E-state index contributed by atoms with van der Waals surface area (Å²) in [4.78, 5) is 2.63. The molecule has 1 fully saturated rings. The lowest BCUT2D eigenvalue weighted by atomic mass is 9.64. The maximum Gasteiger partial charge on any atom is 0.0628 e. The fraction of sp³-hybridized carbons (Fsp3) is 1.00. The van der Waals surface area contributed by atoms with Crippen LogP contribution < -0.4 is 0 Å². The molecule has 1 saturated heterocycles. The molecule has 0 radical (unpaired) electrons. The molecular weight excluding hydrogens is 210 g/mol. The Morgan fingerprint density at radius 1 is 0.941 bits per heavy atom. The van der Waals surface area contributed by atoms with E-state index in [2.05, 4.69) is 60.3 Å². The molecule has 0 aromatic carbocycles. The summed E-state index contributed by atoms with van der Waals surface area (Å²) in [7, 11) is 0. The minimum atomic E-state index is 0.219. The fourth-order valence-electron chi connectivity index (χ4n) is 2.50. The molecule has 0 spiro atoms. The molecule has 0 amide bonds. The molecule has 0 saturated carbocycles. The van der Waals surface area contributed by atoms with Gasteiger partial charge in [0.2, 0.25) is 0 Å². The number of hydrogen-bond acceptors (Lipinski definition) is 2. The zero-order chi connectivity index (χ0) is 13.5. The van der Waals surface area contributed by atoms with E-state index in [1.807, 2.05) is 0 Å². The molecule has 1 aliphatic heterocycles. The highest BCUT2D eigenvalue weighted by Gasteiger charge is 2.46. The van der Waals surface area contributed by atoms with E-state index in [9.17, 15) is 0 Å². The van der Waals surface area contributed by atoms with Crippen molar-refractivity contribution in [1.29, 1.82) is 0 Å². The minimum Gasteiger partial charge on any atom is -0.378 e. The summed E-state index contributed by atoms with van der Waals surface area (Å²) in [5.74, 6) is 0. The van der Waals surface area contributed by atoms with Crippen molar-refractivity contribution < 1.29 is 4.74 Å². The Morgan fingerprint density at radius 3 is 1.88 bits per heavy atom. The number of rotatable bonds is 1. The second kappa shape index (κ2) is 4.55. The Labute approximate surface area is 108 Å². The third-order valence-corrected chi connectivity index (χ3v) is 4.76. The van der Waals surface area contributed by atoms with E-state index in [1.165, 1.54) is 0 Å². The first kappa shape index (κ1) is 15.0. The van der Waals surface area contributed by atoms with Gasteiger partial charge in [0.15, 0.2) is 0 Å². The van der Waals surface area contributed by atoms with Crippen molar-refractivity contribution in [3.63, 3.8) is 0 Å². The highest BCUT2D eigenvalue weighted by Crippen LogP contribution is 2.44. The van der Waals surface area contributed by atoms with Crippen LogP contribution in [-0.4, -0.2) is 36.2 Å². The zero-order valence-corrected chi connectivity index (χ0v) is 13.1. The number of nitrogens with zero attached hydrogens (tertiary/aromatic N) is 1. The smallest absolute Gasteiger partial charge is 0.0628 e. The topological polar surface area (TPSA) is 12.5 Å². The van der Waals surface area contributed by atoms with E-state index in [1.54, 1.807) is 0 Å². The van der Waals surface area contributed by atoms with E-state index >= 15 is 0 Å². The maximum atomic E-state index is 5.75. The van der Waals surface area contributed by atoms with Crippen LogP contribution in [0.2, 0.25) is 0 Å². The highest BCUT2D eigenvalue weighted by atomic mass is 16.5. The molecule has 1 atom stereocenters. The fourth-order valence-corrected chi connectivity index (χ4v) is 2.50. The third kappa shape index (κ3) is 3.03. The molecule has 17 heavy (non-hydrogen) atoms. The molecule has 0 aromatic heterocycles. The molecule has 1 heterocycles. The Morgan fingerprint density at radius 2 is 1.47 bits per heavy atom. The molecule has 0 bridgehead atoms. The van der Waals surface area contributed by atoms with Crippen molar-refractivity contribution in [1.82, 2.24) is 4.90 Å². The van der Waals surface area contributed by atoms with Gasteiger partial charge in [-0.1, -0.05) is 34.6 Å². The van der Waals surface area contributed by atoms with Gasteiger partial charge in [-0.05, 0) is 31.6 Å². The van der Waals surface area contributed by atoms with Gasteiger partial charge in [-0.25, -0.2) is 0 Å². The van der Waals surface area contributed by atoms with Crippen molar-refractivity contribution in [2.24, 2.45) is 10.8 Å². The van der Waals surface area contributed by atoms with E-state index < -0.39 is 0 Å². The van der Waals surface area contributed by atoms with Gasteiger partial charge in [0, 0.05) is 18.1 Å². The summed E-state index contributed by atoms with van der Waals surface area (Å²) in [5.41, 5.74) is 0.736. The van der Waals surface area contributed by atoms with Gasteiger partial charge in [-0.15, -0.1) is 0 Å². The lowest BCUT2D eigenvalue weighted by Crippen LogP contribution is -2.62. The summed E-state index contributed by atoms with van der Waals surface area (Å²) in [6.45, 7) is 21.5. The lowest BCUT2D eigenvalue weighted by molar-refractivity contribution is -0.117. The van der Waals surface area contributed by atoms with Gasteiger partial charge in [0.1, 0.15) is 0 Å². The van der Waals surface area contributed by atoms with Crippen LogP contribution in [0, 0.1) is 10.8 Å². The summed E-state index contributed by atoms with van der Waals surface area (Å²) >= 11 is 0. The third-order valence-electron chi connectivity index (χ3n) is 4.76. The summed E-state index contributed by atoms with van der Waals surface area (Å²) < 4.78 is 5.75. The van der Waals surface area contributed by atoms with Crippen molar-refractivity contribution >= 4 is 0 Å². The molecule has 1 aliphatic rings. The van der Waals surface area contributed by atoms with Crippen LogP contribution in [-0.2, 0) is 4.74 Å². The van der Waals surface area contributed by atoms with Gasteiger partial charge in [0.05, 0.1) is 13.2 Å². The maximum absolute atomic E-state index is 5.75. The van der Waals surface area contributed by atoms with Gasteiger partial charge in [0.25, 0.3) is 0 Å². The van der Waals surface area contributed by atoms with Crippen LogP contribution in [0.25, 0.3) is 0 Å². The quantitative estimate of drug-likeness (QED) is 0.696. The Balaban J connectivity index is 3.00. The average Bonchev–Trinajstić information content (AvgIpc) is 2.14. The highest BCUT2D eigenvalue weighted by molar-refractivity contribution is 4.98. The number of morpholine rings is 1. The average molecular weight is 241 g/mol. The first-order chi connectivity index (χ1) is 7.48. The second-order valence-electron chi connectivity index (χ2n) is 7.93. The van der Waals surface area contributed by atoms with E-state index in [-0.39, 0.29) is 16.4 Å². The minimum absolute atomic E-state index is 0.219. The molecule has 1 unspecified atom stereocenters. The van der Waals surface area contributed by atoms with Crippen LogP contribution in [0.15, 0.2) is 0 Å². The first-order valence-corrected chi connectivity index (χ1v) is 6.82. The number of ether oxygens (including phenoxy) is 1. The van der Waals surface area contributed by atoms with Crippen molar-refractivity contribution in [3.05, 3.63) is 0 Å². The van der Waals surface area contributed by atoms with Gasteiger partial charge in [-0.3, -0.25) is 4.90 Å². The molecule has 0 aromatic rings. The molecule has 102 valence electrons. The number of hydrogen-bond donors (Lipinski definition) is 0. The van der Waals surface area contributed by atoms with E-state index in [4.69, 9.17) is 4.74 Å². The van der Waals surface area contributed by atoms with Gasteiger partial charge < -0.3 is 4.74 Å². The molecule has 0 aliphatic carbocycles. The Bertz CT molecular complexity index is 257. The normalized spacial score (nSPS) is 25.1. The van der Waals surface area contributed by atoms with Crippen LogP contribution in [0.1, 0.15) is 55.4 Å².